The fraction of sp³-hybridized carbons (Fsp3) is 0.190. The molecule has 4 aromatic rings. The Kier molecular flexibility index (Phi) is 4.98. The van der Waals surface area contributed by atoms with Crippen LogP contribution in [-0.2, 0) is 13.6 Å². The molecule has 2 aromatic heterocycles. The van der Waals surface area contributed by atoms with Crippen molar-refractivity contribution in [1.82, 2.24) is 19.1 Å². The van der Waals surface area contributed by atoms with Crippen LogP contribution in [0, 0.1) is 0 Å². The highest BCUT2D eigenvalue weighted by molar-refractivity contribution is 6.31. The van der Waals surface area contributed by atoms with Crippen molar-refractivity contribution in [3.63, 3.8) is 0 Å². The van der Waals surface area contributed by atoms with Gasteiger partial charge in [0, 0.05) is 12.1 Å². The van der Waals surface area contributed by atoms with E-state index >= 15 is 0 Å². The molecule has 0 radical (unpaired) electrons. The molecule has 8 heteroatoms. The first-order valence-corrected chi connectivity index (χ1v) is 9.58. The van der Waals surface area contributed by atoms with Crippen LogP contribution in [0.2, 0.25) is 5.02 Å². The van der Waals surface area contributed by atoms with E-state index in [0.29, 0.717) is 28.7 Å². The number of hydrogen-bond acceptors (Lipinski definition) is 4. The van der Waals surface area contributed by atoms with E-state index in [1.165, 1.54) is 4.57 Å². The summed E-state index contributed by atoms with van der Waals surface area (Å²) in [4.78, 5) is 31.6. The van der Waals surface area contributed by atoms with Crippen molar-refractivity contribution in [2.45, 2.75) is 19.5 Å². The highest BCUT2D eigenvalue weighted by Gasteiger charge is 2.19. The molecule has 0 aliphatic carbocycles. The second-order valence-corrected chi connectivity index (χ2v) is 7.29. The maximum atomic E-state index is 12.6. The average Bonchev–Trinajstić information content (AvgIpc) is 3.07. The normalized spacial score (nSPS) is 12.2. The zero-order valence-electron chi connectivity index (χ0n) is 16.0. The number of aryl methyl sites for hydroxylation is 1. The Hall–Kier alpha value is -3.32. The molecule has 0 saturated carbocycles. The van der Waals surface area contributed by atoms with E-state index in [0.717, 1.165) is 11.1 Å². The predicted molar refractivity (Wildman–Crippen MR) is 115 cm³/mol. The standard InChI is InChI=1S/C21H20ClN5O2/c1-13(14-8-4-3-5-9-14)23-20-24-18-17(19(28)25-21(29)26(18)2)27(20)12-15-10-6-7-11-16(15)22/h3-11,13H,12H2,1-2H3,(H,23,24)(H,25,28,29). The molecule has 2 aromatic carbocycles. The van der Waals surface area contributed by atoms with E-state index in [4.69, 9.17) is 11.6 Å². The minimum absolute atomic E-state index is 0.0610. The first kappa shape index (κ1) is 19.0. The van der Waals surface area contributed by atoms with Crippen molar-refractivity contribution in [2.75, 3.05) is 5.32 Å². The third kappa shape index (κ3) is 3.56. The number of benzene rings is 2. The van der Waals surface area contributed by atoms with Crippen LogP contribution in [-0.4, -0.2) is 19.1 Å². The van der Waals surface area contributed by atoms with Crippen LogP contribution in [0.25, 0.3) is 11.2 Å². The third-order valence-corrected chi connectivity index (χ3v) is 5.31. The van der Waals surface area contributed by atoms with Crippen LogP contribution in [0.15, 0.2) is 64.2 Å². The topological polar surface area (TPSA) is 84.7 Å². The first-order chi connectivity index (χ1) is 14.0. The van der Waals surface area contributed by atoms with Gasteiger partial charge in [0.05, 0.1) is 12.6 Å². The van der Waals surface area contributed by atoms with Crippen LogP contribution in [0.4, 0.5) is 5.95 Å². The minimum atomic E-state index is -0.507. The van der Waals surface area contributed by atoms with E-state index in [1.54, 1.807) is 17.7 Å². The fourth-order valence-electron chi connectivity index (χ4n) is 3.31. The van der Waals surface area contributed by atoms with Crippen molar-refractivity contribution in [3.8, 4) is 0 Å². The SMILES string of the molecule is CC(Nc1nc2c(c(=O)[nH]c(=O)n2C)n1Cc1ccccc1Cl)c1ccccc1. The summed E-state index contributed by atoms with van der Waals surface area (Å²) in [5.74, 6) is 0.489. The van der Waals surface area contributed by atoms with Crippen LogP contribution in [0.3, 0.4) is 0 Å². The maximum Gasteiger partial charge on any atom is 0.329 e. The zero-order chi connectivity index (χ0) is 20.5. The number of H-pyrrole nitrogens is 1. The monoisotopic (exact) mass is 409 g/mol. The number of nitrogens with zero attached hydrogens (tertiary/aromatic N) is 3. The summed E-state index contributed by atoms with van der Waals surface area (Å²) in [6.07, 6.45) is 0. The Bertz CT molecular complexity index is 1290. The van der Waals surface area contributed by atoms with Crippen LogP contribution in [0.1, 0.15) is 24.1 Å². The van der Waals surface area contributed by atoms with E-state index in [-0.39, 0.29) is 6.04 Å². The maximum absolute atomic E-state index is 12.6. The number of aromatic amines is 1. The lowest BCUT2D eigenvalue weighted by atomic mass is 10.1. The summed E-state index contributed by atoms with van der Waals surface area (Å²) in [5.41, 5.74) is 1.56. The van der Waals surface area contributed by atoms with Gasteiger partial charge in [0.1, 0.15) is 0 Å². The molecule has 2 heterocycles. The van der Waals surface area contributed by atoms with E-state index in [9.17, 15) is 9.59 Å². The molecule has 0 amide bonds. The summed E-state index contributed by atoms with van der Waals surface area (Å²) in [6, 6.07) is 17.3. The molecule has 2 N–H and O–H groups in total. The third-order valence-electron chi connectivity index (χ3n) is 4.94. The molecule has 148 valence electrons. The van der Waals surface area contributed by atoms with Gasteiger partial charge < -0.3 is 5.32 Å². The molecule has 1 atom stereocenters. The zero-order valence-corrected chi connectivity index (χ0v) is 16.8. The van der Waals surface area contributed by atoms with Crippen molar-refractivity contribution in [2.24, 2.45) is 7.05 Å². The number of imidazole rings is 1. The number of nitrogens with one attached hydrogen (secondary N) is 2. The smallest absolute Gasteiger partial charge is 0.329 e. The Morgan fingerprint density at radius 2 is 1.79 bits per heavy atom. The number of anilines is 1. The van der Waals surface area contributed by atoms with Gasteiger partial charge in [-0.1, -0.05) is 60.1 Å². The van der Waals surface area contributed by atoms with Crippen molar-refractivity contribution in [1.29, 1.82) is 0 Å². The predicted octanol–water partition coefficient (Wildman–Crippen LogP) is 3.30. The molecule has 0 bridgehead atoms. The van der Waals surface area contributed by atoms with Crippen molar-refractivity contribution >= 4 is 28.7 Å². The van der Waals surface area contributed by atoms with Gasteiger partial charge in [0.15, 0.2) is 11.2 Å². The Labute approximate surface area is 171 Å². The van der Waals surface area contributed by atoms with Crippen molar-refractivity contribution < 1.29 is 0 Å². The molecule has 0 saturated heterocycles. The van der Waals surface area contributed by atoms with Crippen LogP contribution >= 0.6 is 11.6 Å². The van der Waals surface area contributed by atoms with Crippen LogP contribution < -0.4 is 16.6 Å². The van der Waals surface area contributed by atoms with Gasteiger partial charge in [0.25, 0.3) is 5.56 Å². The fourth-order valence-corrected chi connectivity index (χ4v) is 3.51. The van der Waals surface area contributed by atoms with Crippen LogP contribution in [0.5, 0.6) is 0 Å². The molecule has 0 fully saturated rings. The number of rotatable bonds is 5. The lowest BCUT2D eigenvalue weighted by molar-refractivity contribution is 0.782. The molecule has 0 spiro atoms. The van der Waals surface area contributed by atoms with Gasteiger partial charge in [0.2, 0.25) is 5.95 Å². The van der Waals surface area contributed by atoms with Gasteiger partial charge in [-0.2, -0.15) is 4.98 Å². The minimum Gasteiger partial charge on any atom is -0.349 e. The summed E-state index contributed by atoms with van der Waals surface area (Å²) in [5, 5.41) is 3.97. The van der Waals surface area contributed by atoms with E-state index in [2.05, 4.69) is 15.3 Å². The molecule has 0 aliphatic heterocycles. The van der Waals surface area contributed by atoms with Gasteiger partial charge in [-0.05, 0) is 24.1 Å². The van der Waals surface area contributed by atoms with Gasteiger partial charge in [-0.25, -0.2) is 4.79 Å². The Morgan fingerprint density at radius 3 is 2.52 bits per heavy atom. The molecule has 7 nitrogen and oxygen atoms in total. The summed E-state index contributed by atoms with van der Waals surface area (Å²) in [7, 11) is 1.58. The molecular formula is C21H20ClN5O2. The Balaban J connectivity index is 1.87. The largest absolute Gasteiger partial charge is 0.349 e. The number of halogens is 1. The second-order valence-electron chi connectivity index (χ2n) is 6.88. The number of hydrogen-bond donors (Lipinski definition) is 2. The van der Waals surface area contributed by atoms with Gasteiger partial charge in [-0.15, -0.1) is 0 Å². The molecular weight excluding hydrogens is 390 g/mol. The summed E-state index contributed by atoms with van der Waals surface area (Å²) >= 11 is 6.35. The van der Waals surface area contributed by atoms with E-state index < -0.39 is 11.2 Å². The highest BCUT2D eigenvalue weighted by atomic mass is 35.5. The molecule has 0 aliphatic rings. The second kappa shape index (κ2) is 7.60. The van der Waals surface area contributed by atoms with Gasteiger partial charge in [-0.3, -0.25) is 18.9 Å². The summed E-state index contributed by atoms with van der Waals surface area (Å²) in [6.45, 7) is 2.35. The molecule has 29 heavy (non-hydrogen) atoms. The van der Waals surface area contributed by atoms with E-state index in [1.807, 2.05) is 55.5 Å². The quantitative estimate of drug-likeness (QED) is 0.529. The van der Waals surface area contributed by atoms with Crippen molar-refractivity contribution in [3.05, 3.63) is 91.6 Å². The molecule has 4 rings (SSSR count). The summed E-state index contributed by atoms with van der Waals surface area (Å²) < 4.78 is 3.09. The average molecular weight is 410 g/mol. The first-order valence-electron chi connectivity index (χ1n) is 9.20. The van der Waals surface area contributed by atoms with Gasteiger partial charge >= 0.3 is 5.69 Å². The number of fused-ring (bicyclic) bond motifs is 1. The Morgan fingerprint density at radius 1 is 1.10 bits per heavy atom. The highest BCUT2D eigenvalue weighted by Crippen LogP contribution is 2.24. The molecule has 1 unspecified atom stereocenters. The lowest BCUT2D eigenvalue weighted by Crippen LogP contribution is -2.29. The lowest BCUT2D eigenvalue weighted by Gasteiger charge is -2.17. The number of aromatic nitrogens is 4.